The largest absolute Gasteiger partial charge is 0.449 e. The zero-order chi connectivity index (χ0) is 19.7. The Bertz CT molecular complexity index is 991. The highest BCUT2D eigenvalue weighted by atomic mass is 19.4. The second-order valence-corrected chi connectivity index (χ2v) is 6.37. The third-order valence-electron chi connectivity index (χ3n) is 4.38. The Kier molecular flexibility index (Phi) is 4.75. The first-order chi connectivity index (χ1) is 13.4. The number of para-hydroxylation sites is 2. The number of imidazole rings is 1. The third-order valence-corrected chi connectivity index (χ3v) is 4.38. The molecule has 0 bridgehead atoms. The van der Waals surface area contributed by atoms with Crippen LogP contribution in [-0.4, -0.2) is 44.9 Å². The van der Waals surface area contributed by atoms with Crippen molar-refractivity contribution >= 4 is 16.9 Å². The Morgan fingerprint density at radius 1 is 1.29 bits per heavy atom. The molecule has 148 valence electrons. The molecule has 1 saturated heterocycles. The second kappa shape index (κ2) is 7.23. The molecule has 0 unspecified atom stereocenters. The first-order valence-electron chi connectivity index (χ1n) is 8.66. The molecule has 1 aliphatic heterocycles. The average molecular weight is 395 g/mol. The number of aromatic nitrogens is 4. The van der Waals surface area contributed by atoms with E-state index in [1.165, 1.54) is 12.1 Å². The standard InChI is InChI=1S/C17H16F3N5O3/c18-17(19,20)16-22-11-5-1-2-6-12(11)25(16)9-13-23-15(28-24-13)14(26)21-8-10-4-3-7-27-10/h1-2,5-6,10H,3-4,7-9H2,(H,21,26)/t10-/m0/s1. The number of nitrogens with zero attached hydrogens (tertiary/aromatic N) is 4. The molecule has 0 spiro atoms. The Morgan fingerprint density at radius 3 is 2.86 bits per heavy atom. The van der Waals surface area contributed by atoms with Crippen molar-refractivity contribution in [3.05, 3.63) is 41.8 Å². The zero-order valence-electron chi connectivity index (χ0n) is 14.6. The van der Waals surface area contributed by atoms with Gasteiger partial charge in [-0.3, -0.25) is 4.79 Å². The molecular weight excluding hydrogens is 379 g/mol. The van der Waals surface area contributed by atoms with Crippen molar-refractivity contribution in [1.29, 1.82) is 0 Å². The highest BCUT2D eigenvalue weighted by molar-refractivity contribution is 5.89. The molecule has 4 rings (SSSR count). The first-order valence-corrected chi connectivity index (χ1v) is 8.66. The van der Waals surface area contributed by atoms with Crippen LogP contribution in [-0.2, 0) is 17.5 Å². The van der Waals surface area contributed by atoms with Gasteiger partial charge in [-0.1, -0.05) is 17.3 Å². The van der Waals surface area contributed by atoms with Crippen LogP contribution in [0.4, 0.5) is 13.2 Å². The number of halogens is 3. The van der Waals surface area contributed by atoms with Gasteiger partial charge in [0.05, 0.1) is 23.7 Å². The summed E-state index contributed by atoms with van der Waals surface area (Å²) in [6.45, 7) is 0.629. The molecule has 2 aromatic heterocycles. The summed E-state index contributed by atoms with van der Waals surface area (Å²) in [6, 6.07) is 6.22. The van der Waals surface area contributed by atoms with Gasteiger partial charge in [0.15, 0.2) is 5.82 Å². The fraction of sp³-hybridized carbons (Fsp3) is 0.412. The Labute approximate surface area is 156 Å². The number of carbonyl (C=O) groups excluding carboxylic acids is 1. The van der Waals surface area contributed by atoms with Crippen LogP contribution >= 0.6 is 0 Å². The van der Waals surface area contributed by atoms with Crippen LogP contribution in [0.5, 0.6) is 0 Å². The summed E-state index contributed by atoms with van der Waals surface area (Å²) in [5, 5.41) is 6.25. The van der Waals surface area contributed by atoms with E-state index in [-0.39, 0.29) is 35.4 Å². The molecule has 1 atom stereocenters. The van der Waals surface area contributed by atoms with Crippen LogP contribution in [0.25, 0.3) is 11.0 Å². The molecule has 11 heteroatoms. The van der Waals surface area contributed by atoms with Crippen LogP contribution < -0.4 is 5.32 Å². The number of hydrogen-bond donors (Lipinski definition) is 1. The Hall–Kier alpha value is -2.95. The molecular formula is C17H16F3N5O3. The van der Waals surface area contributed by atoms with Crippen LogP contribution in [0.2, 0.25) is 0 Å². The minimum atomic E-state index is -4.65. The van der Waals surface area contributed by atoms with E-state index in [1.54, 1.807) is 12.1 Å². The van der Waals surface area contributed by atoms with Crippen molar-refractivity contribution in [3.8, 4) is 0 Å². The predicted molar refractivity (Wildman–Crippen MR) is 89.4 cm³/mol. The number of benzene rings is 1. The van der Waals surface area contributed by atoms with E-state index < -0.39 is 17.9 Å². The fourth-order valence-corrected chi connectivity index (χ4v) is 3.09. The summed E-state index contributed by atoms with van der Waals surface area (Å²) in [5.41, 5.74) is 0.483. The summed E-state index contributed by atoms with van der Waals surface area (Å²) >= 11 is 0. The Balaban J connectivity index is 1.53. The minimum absolute atomic E-state index is 0.0574. The third kappa shape index (κ3) is 3.70. The van der Waals surface area contributed by atoms with Crippen molar-refractivity contribution in [3.63, 3.8) is 0 Å². The zero-order valence-corrected chi connectivity index (χ0v) is 14.6. The predicted octanol–water partition coefficient (Wildman–Crippen LogP) is 2.40. The highest BCUT2D eigenvalue weighted by Crippen LogP contribution is 2.31. The molecule has 3 heterocycles. The minimum Gasteiger partial charge on any atom is -0.376 e. The van der Waals surface area contributed by atoms with Gasteiger partial charge >= 0.3 is 18.0 Å². The molecule has 0 radical (unpaired) electrons. The number of fused-ring (bicyclic) bond motifs is 1. The molecule has 8 nitrogen and oxygen atoms in total. The molecule has 3 aromatic rings. The summed E-state index contributed by atoms with van der Waals surface area (Å²) < 4.78 is 51.3. The number of amides is 1. The van der Waals surface area contributed by atoms with Gasteiger partial charge in [0, 0.05) is 13.2 Å². The maximum absolute atomic E-state index is 13.3. The molecule has 1 aliphatic rings. The lowest BCUT2D eigenvalue weighted by atomic mass is 10.2. The lowest BCUT2D eigenvalue weighted by Gasteiger charge is -2.09. The van der Waals surface area contributed by atoms with E-state index in [9.17, 15) is 18.0 Å². The molecule has 1 N–H and O–H groups in total. The summed E-state index contributed by atoms with van der Waals surface area (Å²) in [6.07, 6.45) is -2.92. The smallest absolute Gasteiger partial charge is 0.376 e. The molecule has 0 aliphatic carbocycles. The van der Waals surface area contributed by atoms with E-state index in [0.29, 0.717) is 13.2 Å². The first kappa shape index (κ1) is 18.4. The molecule has 28 heavy (non-hydrogen) atoms. The van der Waals surface area contributed by atoms with Crippen LogP contribution in [0.15, 0.2) is 28.8 Å². The SMILES string of the molecule is O=C(NC[C@@H]1CCCO1)c1nc(Cn2c(C(F)(F)F)nc3ccccc32)no1. The maximum atomic E-state index is 13.3. The number of hydrogen-bond acceptors (Lipinski definition) is 6. The number of ether oxygens (including phenoxy) is 1. The van der Waals surface area contributed by atoms with Crippen molar-refractivity contribution in [1.82, 2.24) is 25.0 Å². The summed E-state index contributed by atoms with van der Waals surface area (Å²) in [4.78, 5) is 19.7. The average Bonchev–Trinajstić information content (AvgIpc) is 3.40. The van der Waals surface area contributed by atoms with E-state index in [1.807, 2.05) is 0 Å². The van der Waals surface area contributed by atoms with Gasteiger partial charge in [0.1, 0.15) is 0 Å². The van der Waals surface area contributed by atoms with E-state index in [2.05, 4.69) is 20.4 Å². The van der Waals surface area contributed by atoms with Crippen LogP contribution in [0, 0.1) is 0 Å². The normalized spacial score (nSPS) is 17.3. The van der Waals surface area contributed by atoms with Crippen molar-refractivity contribution in [2.45, 2.75) is 31.7 Å². The van der Waals surface area contributed by atoms with Gasteiger partial charge in [-0.2, -0.15) is 18.2 Å². The van der Waals surface area contributed by atoms with Crippen molar-refractivity contribution in [2.75, 3.05) is 13.2 Å². The van der Waals surface area contributed by atoms with Crippen molar-refractivity contribution in [2.24, 2.45) is 0 Å². The lowest BCUT2D eigenvalue weighted by Crippen LogP contribution is -2.32. The van der Waals surface area contributed by atoms with Crippen LogP contribution in [0.3, 0.4) is 0 Å². The topological polar surface area (TPSA) is 95.1 Å². The summed E-state index contributed by atoms with van der Waals surface area (Å²) in [5.74, 6) is -2.04. The number of nitrogens with one attached hydrogen (secondary N) is 1. The molecule has 1 aromatic carbocycles. The number of rotatable bonds is 5. The van der Waals surface area contributed by atoms with Gasteiger partial charge in [-0.15, -0.1) is 0 Å². The fourth-order valence-electron chi connectivity index (χ4n) is 3.09. The number of carbonyl (C=O) groups is 1. The highest BCUT2D eigenvalue weighted by Gasteiger charge is 2.38. The van der Waals surface area contributed by atoms with Gasteiger partial charge in [-0.05, 0) is 25.0 Å². The monoisotopic (exact) mass is 395 g/mol. The van der Waals surface area contributed by atoms with E-state index in [4.69, 9.17) is 9.26 Å². The van der Waals surface area contributed by atoms with E-state index >= 15 is 0 Å². The lowest BCUT2D eigenvalue weighted by molar-refractivity contribution is -0.146. The maximum Gasteiger partial charge on any atom is 0.449 e. The van der Waals surface area contributed by atoms with Gasteiger partial charge in [0.2, 0.25) is 5.82 Å². The summed E-state index contributed by atoms with van der Waals surface area (Å²) in [7, 11) is 0. The molecule has 1 amide bonds. The van der Waals surface area contributed by atoms with Gasteiger partial charge in [0.25, 0.3) is 0 Å². The van der Waals surface area contributed by atoms with E-state index in [0.717, 1.165) is 17.4 Å². The number of alkyl halides is 3. The van der Waals surface area contributed by atoms with Crippen molar-refractivity contribution < 1.29 is 27.2 Å². The second-order valence-electron chi connectivity index (χ2n) is 6.37. The molecule has 0 saturated carbocycles. The van der Waals surface area contributed by atoms with Gasteiger partial charge in [-0.25, -0.2) is 4.98 Å². The van der Waals surface area contributed by atoms with Gasteiger partial charge < -0.3 is 19.1 Å². The van der Waals surface area contributed by atoms with Crippen LogP contribution in [0.1, 0.15) is 35.2 Å². The quantitative estimate of drug-likeness (QED) is 0.713. The Morgan fingerprint density at radius 2 is 2.11 bits per heavy atom. The molecule has 1 fully saturated rings.